The van der Waals surface area contributed by atoms with Gasteiger partial charge in [-0.3, -0.25) is 4.90 Å². The minimum absolute atomic E-state index is 0.285. The van der Waals surface area contributed by atoms with Gasteiger partial charge in [0, 0.05) is 19.6 Å². The van der Waals surface area contributed by atoms with Crippen LogP contribution in [0.1, 0.15) is 12.0 Å². The lowest BCUT2D eigenvalue weighted by molar-refractivity contribution is 0.0358. The van der Waals surface area contributed by atoms with Gasteiger partial charge in [0.1, 0.15) is 11.5 Å². The Morgan fingerprint density at radius 3 is 2.83 bits per heavy atom. The summed E-state index contributed by atoms with van der Waals surface area (Å²) in [7, 11) is 0. The Kier molecular flexibility index (Phi) is 4.84. The van der Waals surface area contributed by atoms with Crippen molar-refractivity contribution in [3.05, 3.63) is 23.8 Å². The van der Waals surface area contributed by atoms with Crippen LogP contribution in [0.15, 0.2) is 18.2 Å². The van der Waals surface area contributed by atoms with E-state index in [1.807, 2.05) is 13.0 Å². The van der Waals surface area contributed by atoms with Crippen molar-refractivity contribution in [2.45, 2.75) is 13.3 Å². The topological polar surface area (TPSA) is 41.9 Å². The molecule has 4 nitrogen and oxygen atoms in total. The molecule has 0 spiro atoms. The molecule has 1 heterocycles. The first-order chi connectivity index (χ1) is 8.75. The van der Waals surface area contributed by atoms with E-state index >= 15 is 0 Å². The Hall–Kier alpha value is -1.26. The maximum atomic E-state index is 9.31. The summed E-state index contributed by atoms with van der Waals surface area (Å²) in [4.78, 5) is 2.40. The highest BCUT2D eigenvalue weighted by atomic mass is 16.5. The van der Waals surface area contributed by atoms with E-state index in [1.54, 1.807) is 12.1 Å². The van der Waals surface area contributed by atoms with Crippen LogP contribution >= 0.6 is 0 Å². The summed E-state index contributed by atoms with van der Waals surface area (Å²) in [6.45, 7) is 7.45. The van der Waals surface area contributed by atoms with Crippen LogP contribution in [0, 0.1) is 6.92 Å². The second-order valence-corrected chi connectivity index (χ2v) is 4.61. The van der Waals surface area contributed by atoms with E-state index in [2.05, 4.69) is 4.90 Å². The summed E-state index contributed by atoms with van der Waals surface area (Å²) in [5, 5.41) is 9.31. The maximum Gasteiger partial charge on any atom is 0.122 e. The molecule has 0 atom stereocenters. The molecule has 2 rings (SSSR count). The van der Waals surface area contributed by atoms with Crippen LogP contribution < -0.4 is 4.74 Å². The fourth-order valence-electron chi connectivity index (χ4n) is 2.09. The SMILES string of the molecule is Cc1cc(O)ccc1OCCCN1CCOCC1. The van der Waals surface area contributed by atoms with E-state index < -0.39 is 0 Å². The van der Waals surface area contributed by atoms with Crippen LogP contribution in [0.2, 0.25) is 0 Å². The normalized spacial score (nSPS) is 16.7. The molecule has 18 heavy (non-hydrogen) atoms. The van der Waals surface area contributed by atoms with Crippen molar-refractivity contribution < 1.29 is 14.6 Å². The van der Waals surface area contributed by atoms with Crippen molar-refractivity contribution in [1.82, 2.24) is 4.90 Å². The molecular weight excluding hydrogens is 230 g/mol. The molecule has 1 fully saturated rings. The van der Waals surface area contributed by atoms with Crippen molar-refractivity contribution in [2.75, 3.05) is 39.5 Å². The molecule has 0 radical (unpaired) electrons. The number of ether oxygens (including phenoxy) is 2. The Labute approximate surface area is 108 Å². The number of hydrogen-bond donors (Lipinski definition) is 1. The Balaban J connectivity index is 1.68. The molecule has 100 valence electrons. The van der Waals surface area contributed by atoms with E-state index in [4.69, 9.17) is 9.47 Å². The van der Waals surface area contributed by atoms with Crippen molar-refractivity contribution in [2.24, 2.45) is 0 Å². The Bertz CT molecular complexity index is 375. The van der Waals surface area contributed by atoms with E-state index in [0.717, 1.165) is 50.6 Å². The fourth-order valence-corrected chi connectivity index (χ4v) is 2.09. The highest BCUT2D eigenvalue weighted by molar-refractivity contribution is 5.38. The highest BCUT2D eigenvalue weighted by Gasteiger charge is 2.09. The van der Waals surface area contributed by atoms with Crippen LogP contribution in [0.25, 0.3) is 0 Å². The number of phenols is 1. The Morgan fingerprint density at radius 2 is 2.11 bits per heavy atom. The molecule has 0 aliphatic carbocycles. The molecular formula is C14H21NO3. The van der Waals surface area contributed by atoms with Crippen LogP contribution in [0.4, 0.5) is 0 Å². The average molecular weight is 251 g/mol. The third kappa shape index (κ3) is 3.89. The number of phenolic OH excluding ortho intramolecular Hbond substituents is 1. The number of aromatic hydroxyl groups is 1. The molecule has 1 saturated heterocycles. The molecule has 1 N–H and O–H groups in total. The second kappa shape index (κ2) is 6.61. The molecule has 1 aromatic rings. The van der Waals surface area contributed by atoms with E-state index in [-0.39, 0.29) is 5.75 Å². The average Bonchev–Trinajstić information content (AvgIpc) is 2.38. The quantitative estimate of drug-likeness (QED) is 0.810. The number of benzene rings is 1. The minimum atomic E-state index is 0.285. The van der Waals surface area contributed by atoms with Crippen molar-refractivity contribution >= 4 is 0 Å². The van der Waals surface area contributed by atoms with Gasteiger partial charge in [-0.05, 0) is 37.1 Å². The predicted octanol–water partition coefficient (Wildman–Crippen LogP) is 1.80. The zero-order valence-electron chi connectivity index (χ0n) is 10.9. The van der Waals surface area contributed by atoms with Crippen molar-refractivity contribution in [3.8, 4) is 11.5 Å². The van der Waals surface area contributed by atoms with E-state index in [9.17, 15) is 5.11 Å². The third-order valence-corrected chi connectivity index (χ3v) is 3.14. The highest BCUT2D eigenvalue weighted by Crippen LogP contribution is 2.22. The van der Waals surface area contributed by atoms with Crippen LogP contribution in [-0.4, -0.2) is 49.5 Å². The number of aryl methyl sites for hydroxylation is 1. The zero-order chi connectivity index (χ0) is 12.8. The summed E-state index contributed by atoms with van der Waals surface area (Å²) in [5.41, 5.74) is 0.973. The lowest BCUT2D eigenvalue weighted by atomic mass is 10.2. The molecule has 0 aromatic heterocycles. The van der Waals surface area contributed by atoms with Gasteiger partial charge in [0.25, 0.3) is 0 Å². The zero-order valence-corrected chi connectivity index (χ0v) is 10.9. The number of nitrogens with zero attached hydrogens (tertiary/aromatic N) is 1. The molecule has 0 amide bonds. The molecule has 0 bridgehead atoms. The fraction of sp³-hybridized carbons (Fsp3) is 0.571. The van der Waals surface area contributed by atoms with Crippen molar-refractivity contribution in [3.63, 3.8) is 0 Å². The largest absolute Gasteiger partial charge is 0.508 e. The first kappa shape index (κ1) is 13.2. The van der Waals surface area contributed by atoms with Gasteiger partial charge < -0.3 is 14.6 Å². The lowest BCUT2D eigenvalue weighted by Crippen LogP contribution is -2.37. The van der Waals surface area contributed by atoms with Gasteiger partial charge in [-0.1, -0.05) is 0 Å². The van der Waals surface area contributed by atoms with Gasteiger partial charge in [0.15, 0.2) is 0 Å². The smallest absolute Gasteiger partial charge is 0.122 e. The minimum Gasteiger partial charge on any atom is -0.508 e. The second-order valence-electron chi connectivity index (χ2n) is 4.61. The number of hydrogen-bond acceptors (Lipinski definition) is 4. The van der Waals surface area contributed by atoms with Crippen LogP contribution in [0.5, 0.6) is 11.5 Å². The summed E-state index contributed by atoms with van der Waals surface area (Å²) in [5.74, 6) is 1.14. The van der Waals surface area contributed by atoms with Gasteiger partial charge in [-0.15, -0.1) is 0 Å². The van der Waals surface area contributed by atoms with E-state index in [1.165, 1.54) is 0 Å². The number of rotatable bonds is 5. The maximum absolute atomic E-state index is 9.31. The monoisotopic (exact) mass is 251 g/mol. The Morgan fingerprint density at radius 1 is 1.33 bits per heavy atom. The summed E-state index contributed by atoms with van der Waals surface area (Å²) in [6.07, 6.45) is 1.01. The standard InChI is InChI=1S/C14H21NO3/c1-12-11-13(16)3-4-14(12)18-8-2-5-15-6-9-17-10-7-15/h3-4,11,16H,2,5-10H2,1H3. The molecule has 1 aromatic carbocycles. The third-order valence-electron chi connectivity index (χ3n) is 3.14. The molecule has 1 aliphatic rings. The molecule has 0 unspecified atom stereocenters. The van der Waals surface area contributed by atoms with Crippen LogP contribution in [0.3, 0.4) is 0 Å². The van der Waals surface area contributed by atoms with Crippen LogP contribution in [-0.2, 0) is 4.74 Å². The van der Waals surface area contributed by atoms with Gasteiger partial charge >= 0.3 is 0 Å². The van der Waals surface area contributed by atoms with E-state index in [0.29, 0.717) is 6.61 Å². The first-order valence-corrected chi connectivity index (χ1v) is 6.48. The summed E-state index contributed by atoms with van der Waals surface area (Å²) < 4.78 is 11.0. The van der Waals surface area contributed by atoms with Gasteiger partial charge in [0.05, 0.1) is 19.8 Å². The number of morpholine rings is 1. The lowest BCUT2D eigenvalue weighted by Gasteiger charge is -2.26. The van der Waals surface area contributed by atoms with Gasteiger partial charge in [0.2, 0.25) is 0 Å². The van der Waals surface area contributed by atoms with Crippen molar-refractivity contribution in [1.29, 1.82) is 0 Å². The summed E-state index contributed by atoms with van der Waals surface area (Å²) in [6, 6.07) is 5.20. The van der Waals surface area contributed by atoms with Gasteiger partial charge in [-0.2, -0.15) is 0 Å². The predicted molar refractivity (Wildman–Crippen MR) is 70.2 cm³/mol. The summed E-state index contributed by atoms with van der Waals surface area (Å²) >= 11 is 0. The molecule has 1 aliphatic heterocycles. The molecule has 4 heteroatoms. The molecule has 0 saturated carbocycles. The first-order valence-electron chi connectivity index (χ1n) is 6.48. The van der Waals surface area contributed by atoms with Gasteiger partial charge in [-0.25, -0.2) is 0 Å².